The summed E-state index contributed by atoms with van der Waals surface area (Å²) in [5.41, 5.74) is 0.765. The van der Waals surface area contributed by atoms with Gasteiger partial charge in [-0.2, -0.15) is 0 Å². The molecule has 0 radical (unpaired) electrons. The summed E-state index contributed by atoms with van der Waals surface area (Å²) >= 11 is 0. The molecule has 102 valence electrons. The van der Waals surface area contributed by atoms with Crippen LogP contribution in [0.1, 0.15) is 44.1 Å². The van der Waals surface area contributed by atoms with Gasteiger partial charge in [0.25, 0.3) is 0 Å². The van der Waals surface area contributed by atoms with E-state index in [4.69, 9.17) is 4.74 Å². The van der Waals surface area contributed by atoms with E-state index in [-0.39, 0.29) is 6.09 Å². The standard InChI is InChI=1S/C16H21NO2/c18-15-17-12-11-16(19-15,13-7-3-1-4-8-13)14-9-5-2-6-10-14/h1,3-4,7-8,14H,2,5-6,9-12H2,(H,17,18)/t16-/m0/s1. The molecule has 1 heterocycles. The molecule has 1 N–H and O–H groups in total. The Hall–Kier alpha value is -1.51. The Morgan fingerprint density at radius 1 is 1.11 bits per heavy atom. The van der Waals surface area contributed by atoms with Gasteiger partial charge < -0.3 is 10.1 Å². The third kappa shape index (κ3) is 2.34. The number of hydrogen-bond acceptors (Lipinski definition) is 2. The molecule has 3 rings (SSSR count). The van der Waals surface area contributed by atoms with Crippen molar-refractivity contribution in [1.82, 2.24) is 5.32 Å². The SMILES string of the molecule is O=C1NCC[C@](c2ccccc2)(C2CCCCC2)O1. The number of ether oxygens (including phenoxy) is 1. The second-order valence-electron chi connectivity index (χ2n) is 5.66. The van der Waals surface area contributed by atoms with E-state index >= 15 is 0 Å². The zero-order chi connectivity index (χ0) is 13.1. The maximum absolute atomic E-state index is 11.8. The van der Waals surface area contributed by atoms with Gasteiger partial charge in [-0.3, -0.25) is 0 Å². The molecule has 0 bridgehead atoms. The first kappa shape index (κ1) is 12.5. The highest BCUT2D eigenvalue weighted by molar-refractivity contribution is 5.69. The van der Waals surface area contributed by atoms with Crippen LogP contribution in [0, 0.1) is 5.92 Å². The van der Waals surface area contributed by atoms with E-state index in [1.54, 1.807) is 0 Å². The molecule has 2 aliphatic rings. The second kappa shape index (κ2) is 5.24. The minimum atomic E-state index is -0.399. The molecular weight excluding hydrogens is 238 g/mol. The van der Waals surface area contributed by atoms with E-state index in [9.17, 15) is 4.79 Å². The predicted molar refractivity (Wildman–Crippen MR) is 73.8 cm³/mol. The summed E-state index contributed by atoms with van der Waals surface area (Å²) in [6.07, 6.45) is 6.78. The van der Waals surface area contributed by atoms with Gasteiger partial charge in [-0.15, -0.1) is 0 Å². The first-order valence-electron chi connectivity index (χ1n) is 7.34. The third-order valence-corrected chi connectivity index (χ3v) is 4.57. The molecule has 0 aromatic heterocycles. The zero-order valence-electron chi connectivity index (χ0n) is 11.2. The topological polar surface area (TPSA) is 38.3 Å². The number of cyclic esters (lactones) is 1. The largest absolute Gasteiger partial charge is 0.438 e. The van der Waals surface area contributed by atoms with E-state index in [1.807, 2.05) is 18.2 Å². The average Bonchev–Trinajstić information content (AvgIpc) is 2.49. The molecule has 1 aromatic carbocycles. The van der Waals surface area contributed by atoms with Gasteiger partial charge in [0, 0.05) is 18.9 Å². The molecule has 3 heteroatoms. The molecule has 0 unspecified atom stereocenters. The average molecular weight is 259 g/mol. The predicted octanol–water partition coefficient (Wildman–Crippen LogP) is 3.59. The van der Waals surface area contributed by atoms with Gasteiger partial charge in [-0.05, 0) is 18.4 Å². The van der Waals surface area contributed by atoms with Crippen LogP contribution in [-0.2, 0) is 10.3 Å². The maximum Gasteiger partial charge on any atom is 0.408 e. The molecule has 2 fully saturated rings. The van der Waals surface area contributed by atoms with Crippen molar-refractivity contribution < 1.29 is 9.53 Å². The Labute approximate surface area is 114 Å². The Balaban J connectivity index is 1.96. The molecule has 19 heavy (non-hydrogen) atoms. The number of amides is 1. The van der Waals surface area contributed by atoms with Crippen molar-refractivity contribution in [2.24, 2.45) is 5.92 Å². The lowest BCUT2D eigenvalue weighted by Crippen LogP contribution is -2.50. The van der Waals surface area contributed by atoms with E-state index in [1.165, 1.54) is 32.1 Å². The molecule has 1 saturated carbocycles. The molecule has 0 spiro atoms. The third-order valence-electron chi connectivity index (χ3n) is 4.57. The van der Waals surface area contributed by atoms with Gasteiger partial charge >= 0.3 is 6.09 Å². The Kier molecular flexibility index (Phi) is 3.45. The summed E-state index contributed by atoms with van der Waals surface area (Å²) in [5.74, 6) is 0.467. The van der Waals surface area contributed by atoms with Crippen LogP contribution >= 0.6 is 0 Å². The molecule has 1 aliphatic carbocycles. The highest BCUT2D eigenvalue weighted by Gasteiger charge is 2.46. The van der Waals surface area contributed by atoms with Crippen molar-refractivity contribution in [1.29, 1.82) is 0 Å². The van der Waals surface area contributed by atoms with Gasteiger partial charge in [0.05, 0.1) is 0 Å². The summed E-state index contributed by atoms with van der Waals surface area (Å²) in [7, 11) is 0. The number of benzene rings is 1. The van der Waals surface area contributed by atoms with Crippen LogP contribution in [0.4, 0.5) is 4.79 Å². The van der Waals surface area contributed by atoms with Crippen LogP contribution in [0.15, 0.2) is 30.3 Å². The lowest BCUT2D eigenvalue weighted by atomic mass is 9.71. The monoisotopic (exact) mass is 259 g/mol. The molecule has 1 aliphatic heterocycles. The number of nitrogens with one attached hydrogen (secondary N) is 1. The van der Waals surface area contributed by atoms with Crippen LogP contribution in [0.25, 0.3) is 0 Å². The highest BCUT2D eigenvalue weighted by atomic mass is 16.6. The fraction of sp³-hybridized carbons (Fsp3) is 0.562. The van der Waals surface area contributed by atoms with Crippen molar-refractivity contribution in [3.8, 4) is 0 Å². The molecule has 1 amide bonds. The van der Waals surface area contributed by atoms with E-state index in [2.05, 4.69) is 17.4 Å². The first-order chi connectivity index (χ1) is 9.31. The molecule has 1 aromatic rings. The molecule has 1 atom stereocenters. The van der Waals surface area contributed by atoms with Crippen molar-refractivity contribution in [3.63, 3.8) is 0 Å². The fourth-order valence-corrected chi connectivity index (χ4v) is 3.62. The van der Waals surface area contributed by atoms with Crippen molar-refractivity contribution >= 4 is 6.09 Å². The van der Waals surface area contributed by atoms with E-state index in [0.29, 0.717) is 12.5 Å². The van der Waals surface area contributed by atoms with Crippen LogP contribution in [0.5, 0.6) is 0 Å². The second-order valence-corrected chi connectivity index (χ2v) is 5.66. The van der Waals surface area contributed by atoms with Gasteiger partial charge in [0.15, 0.2) is 0 Å². The van der Waals surface area contributed by atoms with Gasteiger partial charge in [-0.1, -0.05) is 49.6 Å². The van der Waals surface area contributed by atoms with Crippen molar-refractivity contribution in [3.05, 3.63) is 35.9 Å². The van der Waals surface area contributed by atoms with Gasteiger partial charge in [-0.25, -0.2) is 4.79 Å². The lowest BCUT2D eigenvalue weighted by Gasteiger charge is -2.44. The van der Waals surface area contributed by atoms with Crippen LogP contribution in [-0.4, -0.2) is 12.6 Å². The Morgan fingerprint density at radius 2 is 1.84 bits per heavy atom. The number of alkyl carbamates (subject to hydrolysis) is 1. The normalized spacial score (nSPS) is 28.5. The van der Waals surface area contributed by atoms with Crippen molar-refractivity contribution in [2.75, 3.05) is 6.54 Å². The minimum absolute atomic E-state index is 0.263. The van der Waals surface area contributed by atoms with Gasteiger partial charge in [0.1, 0.15) is 5.60 Å². The van der Waals surface area contributed by atoms with Crippen molar-refractivity contribution in [2.45, 2.75) is 44.1 Å². The zero-order valence-corrected chi connectivity index (χ0v) is 11.2. The Bertz CT molecular complexity index is 439. The van der Waals surface area contributed by atoms with Crippen LogP contribution < -0.4 is 5.32 Å². The number of rotatable bonds is 2. The summed E-state index contributed by atoms with van der Waals surface area (Å²) in [5, 5.41) is 2.78. The molecule has 3 nitrogen and oxygen atoms in total. The summed E-state index contributed by atoms with van der Waals surface area (Å²) < 4.78 is 5.85. The van der Waals surface area contributed by atoms with E-state index in [0.717, 1.165) is 12.0 Å². The molecule has 1 saturated heterocycles. The quantitative estimate of drug-likeness (QED) is 0.881. The fourth-order valence-electron chi connectivity index (χ4n) is 3.62. The number of hydrogen-bond donors (Lipinski definition) is 1. The molecular formula is C16H21NO2. The highest BCUT2D eigenvalue weighted by Crippen LogP contribution is 2.45. The van der Waals surface area contributed by atoms with Crippen LogP contribution in [0.2, 0.25) is 0 Å². The first-order valence-corrected chi connectivity index (χ1v) is 7.34. The van der Waals surface area contributed by atoms with E-state index < -0.39 is 5.60 Å². The lowest BCUT2D eigenvalue weighted by molar-refractivity contribution is -0.0721. The number of carbonyl (C=O) groups excluding carboxylic acids is 1. The van der Waals surface area contributed by atoms with Crippen LogP contribution in [0.3, 0.4) is 0 Å². The van der Waals surface area contributed by atoms with Gasteiger partial charge in [0.2, 0.25) is 0 Å². The smallest absolute Gasteiger partial charge is 0.408 e. The summed E-state index contributed by atoms with van der Waals surface area (Å²) in [6, 6.07) is 10.3. The minimum Gasteiger partial charge on any atom is -0.438 e. The Morgan fingerprint density at radius 3 is 2.53 bits per heavy atom. The number of carbonyl (C=O) groups is 1. The summed E-state index contributed by atoms with van der Waals surface area (Å²) in [4.78, 5) is 11.8. The maximum atomic E-state index is 11.8. The summed E-state index contributed by atoms with van der Waals surface area (Å²) in [6.45, 7) is 0.713.